The first-order valence-corrected chi connectivity index (χ1v) is 6.18. The predicted molar refractivity (Wildman–Crippen MR) is 69.8 cm³/mol. The topological polar surface area (TPSA) is 62.5 Å². The van der Waals surface area contributed by atoms with Crippen molar-refractivity contribution in [1.82, 2.24) is 5.32 Å². The summed E-state index contributed by atoms with van der Waals surface area (Å²) in [6.45, 7) is 3.53. The highest BCUT2D eigenvalue weighted by Gasteiger charge is 2.18. The molecule has 96 valence electrons. The summed E-state index contributed by atoms with van der Waals surface area (Å²) >= 11 is 0. The zero-order chi connectivity index (χ0) is 13.0. The van der Waals surface area contributed by atoms with Crippen LogP contribution in [-0.2, 0) is 6.54 Å². The number of carboxylic acids is 1. The summed E-state index contributed by atoms with van der Waals surface area (Å²) in [6.07, 6.45) is 2.20. The molecule has 0 atom stereocenters. The Kier molecular flexibility index (Phi) is 3.99. The Morgan fingerprint density at radius 1 is 1.39 bits per heavy atom. The normalized spacial score (nSPS) is 10.9. The summed E-state index contributed by atoms with van der Waals surface area (Å²) in [6, 6.07) is 7.41. The van der Waals surface area contributed by atoms with Crippen LogP contribution >= 0.6 is 0 Å². The first-order chi connectivity index (χ1) is 8.74. The molecule has 2 aromatic rings. The minimum absolute atomic E-state index is 0.0419. The highest BCUT2D eigenvalue weighted by Crippen LogP contribution is 2.25. The van der Waals surface area contributed by atoms with Crippen LogP contribution in [0.3, 0.4) is 0 Å². The number of carbonyl (C=O) groups is 1. The third-order valence-corrected chi connectivity index (χ3v) is 2.90. The van der Waals surface area contributed by atoms with Gasteiger partial charge in [-0.2, -0.15) is 0 Å². The highest BCUT2D eigenvalue weighted by atomic mass is 16.4. The van der Waals surface area contributed by atoms with Crippen molar-refractivity contribution >= 4 is 16.9 Å². The van der Waals surface area contributed by atoms with Gasteiger partial charge in [-0.3, -0.25) is 0 Å². The summed E-state index contributed by atoms with van der Waals surface area (Å²) in [5.41, 5.74) is 1.36. The SMILES string of the molecule is CCCCNCc1c(C(=O)O)oc2ccccc12. The number of nitrogens with one attached hydrogen (secondary N) is 1. The Bertz CT molecular complexity index is 545. The second-order valence-electron chi connectivity index (χ2n) is 4.24. The molecule has 4 nitrogen and oxygen atoms in total. The lowest BCUT2D eigenvalue weighted by Crippen LogP contribution is -2.16. The van der Waals surface area contributed by atoms with Gasteiger partial charge in [-0.25, -0.2) is 4.79 Å². The predicted octanol–water partition coefficient (Wildman–Crippen LogP) is 3.02. The van der Waals surface area contributed by atoms with Gasteiger partial charge in [-0.15, -0.1) is 0 Å². The summed E-state index contributed by atoms with van der Waals surface area (Å²) in [7, 11) is 0. The molecule has 0 fully saturated rings. The Morgan fingerprint density at radius 2 is 2.17 bits per heavy atom. The third-order valence-electron chi connectivity index (χ3n) is 2.90. The van der Waals surface area contributed by atoms with Crippen LogP contribution in [-0.4, -0.2) is 17.6 Å². The Balaban J connectivity index is 2.27. The molecule has 0 saturated carbocycles. The van der Waals surface area contributed by atoms with Gasteiger partial charge in [0, 0.05) is 17.5 Å². The fourth-order valence-electron chi connectivity index (χ4n) is 1.96. The van der Waals surface area contributed by atoms with E-state index >= 15 is 0 Å². The first kappa shape index (κ1) is 12.6. The van der Waals surface area contributed by atoms with Crippen LogP contribution in [0, 0.1) is 0 Å². The lowest BCUT2D eigenvalue weighted by molar-refractivity contribution is 0.0663. The fraction of sp³-hybridized carbons (Fsp3) is 0.357. The molecule has 18 heavy (non-hydrogen) atoms. The van der Waals surface area contributed by atoms with Crippen molar-refractivity contribution in [3.63, 3.8) is 0 Å². The summed E-state index contributed by atoms with van der Waals surface area (Å²) < 4.78 is 5.38. The number of carboxylic acid groups (broad SMARTS) is 1. The van der Waals surface area contributed by atoms with Crippen LogP contribution in [0.25, 0.3) is 11.0 Å². The molecule has 0 amide bonds. The van der Waals surface area contributed by atoms with Crippen LogP contribution in [0.5, 0.6) is 0 Å². The zero-order valence-electron chi connectivity index (χ0n) is 10.4. The largest absolute Gasteiger partial charge is 0.475 e. The quantitative estimate of drug-likeness (QED) is 0.770. The summed E-state index contributed by atoms with van der Waals surface area (Å²) in [4.78, 5) is 11.2. The van der Waals surface area contributed by atoms with Crippen LogP contribution in [0.15, 0.2) is 28.7 Å². The molecule has 1 heterocycles. The van der Waals surface area contributed by atoms with Crippen molar-refractivity contribution < 1.29 is 14.3 Å². The van der Waals surface area contributed by atoms with Crippen LogP contribution in [0.2, 0.25) is 0 Å². The van der Waals surface area contributed by atoms with E-state index < -0.39 is 5.97 Å². The number of unbranched alkanes of at least 4 members (excludes halogenated alkanes) is 1. The third kappa shape index (κ3) is 2.54. The average molecular weight is 247 g/mol. The van der Waals surface area contributed by atoms with Gasteiger partial charge < -0.3 is 14.8 Å². The first-order valence-electron chi connectivity index (χ1n) is 6.18. The van der Waals surface area contributed by atoms with Crippen molar-refractivity contribution in [2.24, 2.45) is 0 Å². The zero-order valence-corrected chi connectivity index (χ0v) is 10.4. The number of hydrogen-bond acceptors (Lipinski definition) is 3. The molecule has 0 radical (unpaired) electrons. The van der Waals surface area contributed by atoms with E-state index in [9.17, 15) is 4.79 Å². The molecule has 1 aromatic heterocycles. The van der Waals surface area contributed by atoms with Gasteiger partial charge in [0.15, 0.2) is 0 Å². The number of furan rings is 1. The maximum atomic E-state index is 11.2. The van der Waals surface area contributed by atoms with Crippen molar-refractivity contribution in [3.05, 3.63) is 35.6 Å². The lowest BCUT2D eigenvalue weighted by atomic mass is 10.1. The molecule has 0 saturated heterocycles. The monoisotopic (exact) mass is 247 g/mol. The van der Waals surface area contributed by atoms with Crippen LogP contribution in [0.4, 0.5) is 0 Å². The second-order valence-corrected chi connectivity index (χ2v) is 4.24. The standard InChI is InChI=1S/C14H17NO3/c1-2-3-8-15-9-11-10-6-4-5-7-12(10)18-13(11)14(16)17/h4-7,15H,2-3,8-9H2,1H3,(H,16,17). The molecule has 0 unspecified atom stereocenters. The minimum Gasteiger partial charge on any atom is -0.475 e. The Labute approximate surface area is 106 Å². The second kappa shape index (κ2) is 5.69. The lowest BCUT2D eigenvalue weighted by Gasteiger charge is -2.03. The summed E-state index contributed by atoms with van der Waals surface area (Å²) in [5.74, 6) is -0.973. The molecule has 0 bridgehead atoms. The van der Waals surface area contributed by atoms with E-state index in [0.29, 0.717) is 12.1 Å². The molecule has 0 aliphatic rings. The molecular formula is C14H17NO3. The van der Waals surface area contributed by atoms with Crippen molar-refractivity contribution in [2.45, 2.75) is 26.3 Å². The van der Waals surface area contributed by atoms with Crippen molar-refractivity contribution in [2.75, 3.05) is 6.54 Å². The number of rotatable bonds is 6. The molecule has 2 rings (SSSR count). The number of fused-ring (bicyclic) bond motifs is 1. The Hall–Kier alpha value is -1.81. The smallest absolute Gasteiger partial charge is 0.372 e. The maximum Gasteiger partial charge on any atom is 0.372 e. The van der Waals surface area contributed by atoms with E-state index in [0.717, 1.165) is 30.3 Å². The van der Waals surface area contributed by atoms with Crippen LogP contribution < -0.4 is 5.32 Å². The molecule has 0 spiro atoms. The van der Waals surface area contributed by atoms with Gasteiger partial charge in [0.1, 0.15) is 5.58 Å². The highest BCUT2D eigenvalue weighted by molar-refractivity contribution is 5.95. The van der Waals surface area contributed by atoms with E-state index in [4.69, 9.17) is 9.52 Å². The van der Waals surface area contributed by atoms with Crippen molar-refractivity contribution in [3.8, 4) is 0 Å². The van der Waals surface area contributed by atoms with Crippen LogP contribution in [0.1, 0.15) is 35.9 Å². The maximum absolute atomic E-state index is 11.2. The number of hydrogen-bond donors (Lipinski definition) is 2. The average Bonchev–Trinajstić information content (AvgIpc) is 2.74. The molecular weight excluding hydrogens is 230 g/mol. The summed E-state index contributed by atoms with van der Waals surface area (Å²) in [5, 5.41) is 13.3. The van der Waals surface area contributed by atoms with E-state index in [1.807, 2.05) is 18.2 Å². The van der Waals surface area contributed by atoms with Crippen molar-refractivity contribution in [1.29, 1.82) is 0 Å². The molecule has 0 aliphatic carbocycles. The van der Waals surface area contributed by atoms with Gasteiger partial charge in [0.2, 0.25) is 5.76 Å². The van der Waals surface area contributed by atoms with Gasteiger partial charge in [-0.1, -0.05) is 31.5 Å². The van der Waals surface area contributed by atoms with Gasteiger partial charge in [-0.05, 0) is 19.0 Å². The van der Waals surface area contributed by atoms with Gasteiger partial charge in [0.25, 0.3) is 0 Å². The van der Waals surface area contributed by atoms with E-state index in [1.54, 1.807) is 6.07 Å². The molecule has 0 aliphatic heterocycles. The van der Waals surface area contributed by atoms with E-state index in [1.165, 1.54) is 0 Å². The fourth-order valence-corrected chi connectivity index (χ4v) is 1.96. The molecule has 4 heteroatoms. The molecule has 2 N–H and O–H groups in total. The van der Waals surface area contributed by atoms with E-state index in [2.05, 4.69) is 12.2 Å². The number of para-hydroxylation sites is 1. The van der Waals surface area contributed by atoms with Gasteiger partial charge in [0.05, 0.1) is 0 Å². The van der Waals surface area contributed by atoms with Gasteiger partial charge >= 0.3 is 5.97 Å². The Morgan fingerprint density at radius 3 is 2.89 bits per heavy atom. The minimum atomic E-state index is -1.02. The number of aromatic carboxylic acids is 1. The molecule has 1 aromatic carbocycles. The van der Waals surface area contributed by atoms with E-state index in [-0.39, 0.29) is 5.76 Å². The number of benzene rings is 1.